The molecule has 4 aromatic rings. The van der Waals surface area contributed by atoms with E-state index in [0.717, 1.165) is 5.56 Å². The van der Waals surface area contributed by atoms with Crippen molar-refractivity contribution in [3.8, 4) is 0 Å². The summed E-state index contributed by atoms with van der Waals surface area (Å²) in [6.45, 7) is 2.03. The highest BCUT2D eigenvalue weighted by Gasteiger charge is 2.32. The van der Waals surface area contributed by atoms with Gasteiger partial charge < -0.3 is 14.7 Å². The average Bonchev–Trinajstić information content (AvgIpc) is 3.06. The van der Waals surface area contributed by atoms with Crippen molar-refractivity contribution in [3.05, 3.63) is 119 Å². The Morgan fingerprint density at radius 1 is 0.825 bits per heavy atom. The number of fused-ring (bicyclic) bond motifs is 2. The summed E-state index contributed by atoms with van der Waals surface area (Å²) in [7, 11) is -1.62. The van der Waals surface area contributed by atoms with E-state index in [1.807, 2.05) is 17.0 Å². The van der Waals surface area contributed by atoms with Crippen molar-refractivity contribution in [2.75, 3.05) is 36.0 Å². The molecule has 0 bridgehead atoms. The number of anilines is 2. The lowest BCUT2D eigenvalue weighted by atomic mass is 10.1. The molecule has 2 amide bonds. The standard InChI is InChI=1S/C31H25ClFN3O3S/c32-23-7-5-6-21(18-23)20-36-27-19-22(12-13-29(27)40(39)28-11-4-1-8-24(28)31(36)38)30(37)35-16-14-34(15-17-35)26-10-3-2-9-25(26)33/h1-13,18-19H,14-17,20H2/t40-/m0/s1. The lowest BCUT2D eigenvalue weighted by Crippen LogP contribution is -2.49. The molecule has 2 aliphatic heterocycles. The second kappa shape index (κ2) is 10.9. The molecule has 202 valence electrons. The van der Waals surface area contributed by atoms with Crippen LogP contribution < -0.4 is 9.80 Å². The minimum absolute atomic E-state index is 0.191. The second-order valence-corrected chi connectivity index (χ2v) is 11.6. The van der Waals surface area contributed by atoms with Crippen LogP contribution in [0, 0.1) is 5.82 Å². The van der Waals surface area contributed by atoms with Crippen molar-refractivity contribution in [1.29, 1.82) is 0 Å². The maximum atomic E-state index is 14.3. The summed E-state index contributed by atoms with van der Waals surface area (Å²) in [5, 5.41) is 0.544. The van der Waals surface area contributed by atoms with Crippen molar-refractivity contribution >= 4 is 45.6 Å². The zero-order valence-electron chi connectivity index (χ0n) is 21.4. The second-order valence-electron chi connectivity index (χ2n) is 9.70. The molecule has 9 heteroatoms. The molecule has 0 aliphatic carbocycles. The molecular formula is C31H25ClFN3O3S. The molecule has 0 aromatic heterocycles. The topological polar surface area (TPSA) is 60.9 Å². The van der Waals surface area contributed by atoms with E-state index in [9.17, 15) is 18.2 Å². The summed E-state index contributed by atoms with van der Waals surface area (Å²) in [6, 6.07) is 25.7. The van der Waals surface area contributed by atoms with E-state index in [4.69, 9.17) is 11.6 Å². The Bertz CT molecular complexity index is 1650. The molecule has 0 unspecified atom stereocenters. The van der Waals surface area contributed by atoms with Gasteiger partial charge in [0.1, 0.15) is 5.82 Å². The zero-order valence-corrected chi connectivity index (χ0v) is 23.0. The van der Waals surface area contributed by atoms with Crippen molar-refractivity contribution in [2.45, 2.75) is 16.3 Å². The largest absolute Gasteiger partial charge is 0.366 e. The van der Waals surface area contributed by atoms with Gasteiger partial charge in [0.25, 0.3) is 11.8 Å². The number of hydrogen-bond donors (Lipinski definition) is 0. The van der Waals surface area contributed by atoms with Crippen LogP contribution in [-0.4, -0.2) is 47.1 Å². The highest BCUT2D eigenvalue weighted by atomic mass is 35.5. The van der Waals surface area contributed by atoms with Crippen LogP contribution in [0.25, 0.3) is 0 Å². The summed E-state index contributed by atoms with van der Waals surface area (Å²) in [6.07, 6.45) is 0. The number of hydrogen-bond acceptors (Lipinski definition) is 4. The quantitative estimate of drug-likeness (QED) is 0.311. The van der Waals surface area contributed by atoms with Gasteiger partial charge in [-0.25, -0.2) is 8.60 Å². The van der Waals surface area contributed by atoms with Crippen LogP contribution in [0.2, 0.25) is 5.02 Å². The summed E-state index contributed by atoms with van der Waals surface area (Å²) in [4.78, 5) is 33.6. The molecule has 1 fully saturated rings. The first-order valence-electron chi connectivity index (χ1n) is 12.9. The van der Waals surface area contributed by atoms with Crippen molar-refractivity contribution in [1.82, 2.24) is 4.90 Å². The van der Waals surface area contributed by atoms with E-state index >= 15 is 0 Å². The number of carbonyl (C=O) groups is 2. The van der Waals surface area contributed by atoms with Crippen molar-refractivity contribution < 1.29 is 18.2 Å². The molecule has 6 rings (SSSR count). The predicted octanol–water partition coefficient (Wildman–Crippen LogP) is 5.77. The van der Waals surface area contributed by atoms with Crippen LogP contribution in [-0.2, 0) is 17.3 Å². The van der Waals surface area contributed by atoms with Crippen LogP contribution >= 0.6 is 11.6 Å². The Labute approximate surface area is 239 Å². The van der Waals surface area contributed by atoms with E-state index in [-0.39, 0.29) is 24.2 Å². The molecule has 0 saturated carbocycles. The number of benzene rings is 4. The third kappa shape index (κ3) is 4.89. The van der Waals surface area contributed by atoms with Gasteiger partial charge in [0.15, 0.2) is 0 Å². The van der Waals surface area contributed by atoms with Crippen molar-refractivity contribution in [2.24, 2.45) is 0 Å². The minimum atomic E-state index is -1.62. The van der Waals surface area contributed by atoms with E-state index in [0.29, 0.717) is 63.5 Å². The Balaban J connectivity index is 1.33. The normalized spacial score (nSPS) is 16.8. The highest BCUT2D eigenvalue weighted by molar-refractivity contribution is 7.85. The smallest absolute Gasteiger partial charge is 0.259 e. The van der Waals surface area contributed by atoms with Gasteiger partial charge in [0.2, 0.25) is 0 Å². The molecule has 0 radical (unpaired) electrons. The summed E-state index contributed by atoms with van der Waals surface area (Å²) in [5.41, 5.74) is 2.51. The Kier molecular flexibility index (Phi) is 7.12. The Morgan fingerprint density at radius 3 is 2.35 bits per heavy atom. The molecular weight excluding hydrogens is 549 g/mol. The summed E-state index contributed by atoms with van der Waals surface area (Å²) < 4.78 is 28.0. The zero-order chi connectivity index (χ0) is 27.8. The third-order valence-corrected chi connectivity index (χ3v) is 8.98. The lowest BCUT2D eigenvalue weighted by molar-refractivity contribution is 0.0746. The lowest BCUT2D eigenvalue weighted by Gasteiger charge is -2.36. The predicted molar refractivity (Wildman–Crippen MR) is 154 cm³/mol. The first-order chi connectivity index (χ1) is 19.4. The number of para-hydroxylation sites is 1. The maximum absolute atomic E-state index is 14.3. The van der Waals surface area contributed by atoms with E-state index < -0.39 is 10.8 Å². The first-order valence-corrected chi connectivity index (χ1v) is 14.4. The molecule has 1 saturated heterocycles. The number of rotatable bonds is 4. The number of carbonyl (C=O) groups excluding carboxylic acids is 2. The van der Waals surface area contributed by atoms with Gasteiger partial charge in [-0.05, 0) is 60.2 Å². The summed E-state index contributed by atoms with van der Waals surface area (Å²) >= 11 is 6.22. The van der Waals surface area contributed by atoms with E-state index in [2.05, 4.69) is 0 Å². The number of amides is 2. The number of piperazine rings is 1. The number of nitrogens with zero attached hydrogens (tertiary/aromatic N) is 3. The molecule has 0 N–H and O–H groups in total. The van der Waals surface area contributed by atoms with Gasteiger partial charge in [-0.2, -0.15) is 0 Å². The fourth-order valence-corrected chi connectivity index (χ4v) is 6.77. The monoisotopic (exact) mass is 573 g/mol. The molecule has 40 heavy (non-hydrogen) atoms. The fourth-order valence-electron chi connectivity index (χ4n) is 5.21. The van der Waals surface area contributed by atoms with Crippen LogP contribution in [0.3, 0.4) is 0 Å². The van der Waals surface area contributed by atoms with Gasteiger partial charge in [0, 0.05) is 36.8 Å². The SMILES string of the molecule is O=C(c1ccc2c(c1)N(Cc1cccc(Cl)c1)C(=O)c1ccccc1[S@@]2=O)N1CCN(c2ccccc2F)CC1. The van der Waals surface area contributed by atoms with E-state index in [1.54, 1.807) is 82.6 Å². The first kappa shape index (κ1) is 26.2. The average molecular weight is 574 g/mol. The van der Waals surface area contributed by atoms with Crippen LogP contribution in [0.4, 0.5) is 15.8 Å². The molecule has 4 aromatic carbocycles. The van der Waals surface area contributed by atoms with Gasteiger partial charge in [0.05, 0.1) is 44.1 Å². The van der Waals surface area contributed by atoms with Crippen molar-refractivity contribution in [3.63, 3.8) is 0 Å². The van der Waals surface area contributed by atoms with Gasteiger partial charge >= 0.3 is 0 Å². The molecule has 1 atom stereocenters. The number of halogens is 2. The van der Waals surface area contributed by atoms with Gasteiger partial charge in [-0.1, -0.05) is 48.0 Å². The minimum Gasteiger partial charge on any atom is -0.366 e. The third-order valence-electron chi connectivity index (χ3n) is 7.25. The van der Waals surface area contributed by atoms with Crippen LogP contribution in [0.1, 0.15) is 26.3 Å². The van der Waals surface area contributed by atoms with E-state index in [1.165, 1.54) is 6.07 Å². The van der Waals surface area contributed by atoms with Gasteiger partial charge in [-0.3, -0.25) is 9.59 Å². The molecule has 0 spiro atoms. The molecule has 2 heterocycles. The highest BCUT2D eigenvalue weighted by Crippen LogP contribution is 2.36. The Hall–Kier alpha value is -4.01. The summed E-state index contributed by atoms with van der Waals surface area (Å²) in [5.74, 6) is -0.782. The molecule has 2 aliphatic rings. The van der Waals surface area contributed by atoms with Gasteiger partial charge in [-0.15, -0.1) is 0 Å². The maximum Gasteiger partial charge on any atom is 0.259 e. The fraction of sp³-hybridized carbons (Fsp3) is 0.161. The Morgan fingerprint density at radius 2 is 1.57 bits per heavy atom. The molecule has 6 nitrogen and oxygen atoms in total. The van der Waals surface area contributed by atoms with Crippen LogP contribution in [0.15, 0.2) is 101 Å². The van der Waals surface area contributed by atoms with Crippen LogP contribution in [0.5, 0.6) is 0 Å².